The highest BCUT2D eigenvalue weighted by Gasteiger charge is 2.51. The van der Waals surface area contributed by atoms with E-state index in [1.807, 2.05) is 11.3 Å². The molecule has 0 radical (unpaired) electrons. The SMILES string of the molecule is CC1(C)c2ccccc2-c2cccc(-c3ccc(N(c4ccc5c(c4)C4(c6ccccc6-c6ccccc64)c4ccccc4-5)c4cccc5sc6c(c45)CCC=C6)cc3)c21. The van der Waals surface area contributed by atoms with Crippen molar-refractivity contribution in [3.05, 3.63) is 226 Å². The minimum Gasteiger partial charge on any atom is -0.310 e. The van der Waals surface area contributed by atoms with Gasteiger partial charge in [0.15, 0.2) is 0 Å². The molecular weight excluding hydrogens is 743 g/mol. The smallest absolute Gasteiger partial charge is 0.0726 e. The zero-order valence-electron chi connectivity index (χ0n) is 33.7. The summed E-state index contributed by atoms with van der Waals surface area (Å²) >= 11 is 1.93. The van der Waals surface area contributed by atoms with Gasteiger partial charge in [-0.05, 0) is 139 Å². The van der Waals surface area contributed by atoms with Crippen LogP contribution in [0.4, 0.5) is 17.1 Å². The van der Waals surface area contributed by atoms with Gasteiger partial charge in [-0.2, -0.15) is 0 Å². The van der Waals surface area contributed by atoms with Crippen LogP contribution >= 0.6 is 11.3 Å². The van der Waals surface area contributed by atoms with Gasteiger partial charge in [0.2, 0.25) is 0 Å². The van der Waals surface area contributed by atoms with E-state index in [1.165, 1.54) is 110 Å². The second-order valence-electron chi connectivity index (χ2n) is 17.4. The Balaban J connectivity index is 1.04. The lowest BCUT2D eigenvalue weighted by Crippen LogP contribution is -2.26. The van der Waals surface area contributed by atoms with Crippen LogP contribution in [0.25, 0.3) is 60.7 Å². The lowest BCUT2D eigenvalue weighted by molar-refractivity contribution is 0.662. The van der Waals surface area contributed by atoms with Crippen LogP contribution in [0, 0.1) is 0 Å². The molecule has 0 bridgehead atoms. The number of hydrogen-bond donors (Lipinski definition) is 0. The Morgan fingerprint density at radius 2 is 1.03 bits per heavy atom. The van der Waals surface area contributed by atoms with Gasteiger partial charge in [-0.15, -0.1) is 11.3 Å². The molecule has 0 amide bonds. The first-order chi connectivity index (χ1) is 29.5. The van der Waals surface area contributed by atoms with Crippen molar-refractivity contribution in [1.82, 2.24) is 0 Å². The Kier molecular flexibility index (Phi) is 7.05. The fourth-order valence-corrected chi connectivity index (χ4v) is 12.9. The highest BCUT2D eigenvalue weighted by molar-refractivity contribution is 7.20. The first-order valence-corrected chi connectivity index (χ1v) is 22.1. The van der Waals surface area contributed by atoms with E-state index < -0.39 is 5.41 Å². The summed E-state index contributed by atoms with van der Waals surface area (Å²) in [6.45, 7) is 4.77. The molecule has 1 aromatic heterocycles. The molecule has 0 saturated heterocycles. The third-order valence-corrected chi connectivity index (χ3v) is 15.3. The molecule has 4 aliphatic carbocycles. The summed E-state index contributed by atoms with van der Waals surface area (Å²) in [5, 5.41) is 1.38. The third-order valence-electron chi connectivity index (χ3n) is 14.1. The van der Waals surface area contributed by atoms with Crippen molar-refractivity contribution in [2.75, 3.05) is 4.90 Å². The molecule has 0 atom stereocenters. The van der Waals surface area contributed by atoms with Gasteiger partial charge in [-0.1, -0.05) is 159 Å². The van der Waals surface area contributed by atoms with Crippen LogP contribution in [-0.2, 0) is 17.3 Å². The normalized spacial score (nSPS) is 15.2. The van der Waals surface area contributed by atoms with Crippen molar-refractivity contribution >= 4 is 44.6 Å². The van der Waals surface area contributed by atoms with Crippen molar-refractivity contribution in [3.8, 4) is 44.5 Å². The Bertz CT molecular complexity index is 3240. The van der Waals surface area contributed by atoms with Gasteiger partial charge in [0.25, 0.3) is 0 Å². The number of anilines is 3. The van der Waals surface area contributed by atoms with Gasteiger partial charge in [-0.25, -0.2) is 0 Å². The van der Waals surface area contributed by atoms with Crippen molar-refractivity contribution in [2.45, 2.75) is 37.5 Å². The lowest BCUT2D eigenvalue weighted by Gasteiger charge is -2.32. The van der Waals surface area contributed by atoms with E-state index >= 15 is 0 Å². The van der Waals surface area contributed by atoms with Crippen molar-refractivity contribution in [2.24, 2.45) is 0 Å². The maximum Gasteiger partial charge on any atom is 0.0726 e. The number of allylic oxidation sites excluding steroid dienone is 1. The first-order valence-electron chi connectivity index (χ1n) is 21.3. The standard InChI is InChI=1S/C58H41NS/c1-57(2)47-22-8-3-18-43(47)45-21-13-20-39(56(45)57)36-29-31-37(32-30-36)59(52-26-14-28-54-55(52)46-19-7-12-27-53(46)60-54)38-33-34-44-42-17-6-11-25-50(42)58(51(44)35-38)48-23-9-4-15-40(48)41-16-5-10-24-49(41)58/h3-6,8-18,20-35H,7,19H2,1-2H3. The lowest BCUT2D eigenvalue weighted by atomic mass is 9.70. The number of nitrogens with zero attached hydrogens (tertiary/aromatic N) is 1. The molecule has 1 nitrogen and oxygen atoms in total. The summed E-state index contributed by atoms with van der Waals surface area (Å²) < 4.78 is 1.34. The maximum atomic E-state index is 2.55. The second-order valence-corrected chi connectivity index (χ2v) is 18.5. The molecular formula is C58H41NS. The zero-order valence-corrected chi connectivity index (χ0v) is 34.5. The van der Waals surface area contributed by atoms with E-state index in [0.29, 0.717) is 0 Å². The van der Waals surface area contributed by atoms with Crippen LogP contribution in [0.3, 0.4) is 0 Å². The molecule has 4 aliphatic rings. The molecule has 0 fully saturated rings. The van der Waals surface area contributed by atoms with Crippen LogP contribution in [0.5, 0.6) is 0 Å². The van der Waals surface area contributed by atoms with E-state index in [-0.39, 0.29) is 5.41 Å². The van der Waals surface area contributed by atoms with Gasteiger partial charge < -0.3 is 4.90 Å². The average Bonchev–Trinajstić information content (AvgIpc) is 3.99. The number of hydrogen-bond acceptors (Lipinski definition) is 2. The van der Waals surface area contributed by atoms with Crippen molar-refractivity contribution < 1.29 is 0 Å². The van der Waals surface area contributed by atoms with Gasteiger partial charge in [-0.3, -0.25) is 0 Å². The largest absolute Gasteiger partial charge is 0.310 e. The van der Waals surface area contributed by atoms with Crippen molar-refractivity contribution in [3.63, 3.8) is 0 Å². The molecule has 0 unspecified atom stereocenters. The molecule has 0 saturated carbocycles. The van der Waals surface area contributed by atoms with Gasteiger partial charge in [0.1, 0.15) is 0 Å². The van der Waals surface area contributed by atoms with E-state index in [9.17, 15) is 0 Å². The molecule has 1 heterocycles. The quantitative estimate of drug-likeness (QED) is 0.172. The predicted molar refractivity (Wildman–Crippen MR) is 253 cm³/mol. The predicted octanol–water partition coefficient (Wildman–Crippen LogP) is 15.6. The minimum absolute atomic E-state index is 0.0925. The Hall–Kier alpha value is -6.74. The zero-order chi connectivity index (χ0) is 39.7. The molecule has 9 aromatic rings. The molecule has 8 aromatic carbocycles. The topological polar surface area (TPSA) is 3.24 Å². The number of benzene rings is 8. The average molecular weight is 784 g/mol. The molecule has 0 N–H and O–H groups in total. The molecule has 60 heavy (non-hydrogen) atoms. The van der Waals surface area contributed by atoms with Gasteiger partial charge in [0.05, 0.1) is 11.1 Å². The van der Waals surface area contributed by atoms with Crippen LogP contribution < -0.4 is 4.90 Å². The highest BCUT2D eigenvalue weighted by Crippen LogP contribution is 2.63. The summed E-state index contributed by atoms with van der Waals surface area (Å²) in [5.41, 5.74) is 23.4. The third kappa shape index (κ3) is 4.41. The van der Waals surface area contributed by atoms with E-state index in [2.05, 4.69) is 207 Å². The minimum atomic E-state index is -0.416. The molecule has 13 rings (SSSR count). The summed E-state index contributed by atoms with van der Waals surface area (Å²) in [7, 11) is 0. The number of rotatable bonds is 4. The monoisotopic (exact) mass is 783 g/mol. The summed E-state index contributed by atoms with van der Waals surface area (Å²) in [4.78, 5) is 3.94. The number of aryl methyl sites for hydroxylation is 1. The van der Waals surface area contributed by atoms with Crippen molar-refractivity contribution in [1.29, 1.82) is 0 Å². The fourth-order valence-electron chi connectivity index (χ4n) is 11.7. The van der Waals surface area contributed by atoms with Crippen LogP contribution in [0.1, 0.15) is 64.1 Å². The number of fused-ring (bicyclic) bond motifs is 16. The summed E-state index contributed by atoms with van der Waals surface area (Å²) in [6.07, 6.45) is 6.81. The fraction of sp³-hybridized carbons (Fsp3) is 0.103. The maximum absolute atomic E-state index is 2.55. The summed E-state index contributed by atoms with van der Waals surface area (Å²) in [5.74, 6) is 0. The molecule has 1 spiro atoms. The summed E-state index contributed by atoms with van der Waals surface area (Å²) in [6, 6.07) is 66.8. The van der Waals surface area contributed by atoms with Crippen LogP contribution in [0.15, 0.2) is 182 Å². The van der Waals surface area contributed by atoms with Crippen LogP contribution in [-0.4, -0.2) is 0 Å². The molecule has 284 valence electrons. The first kappa shape index (κ1) is 34.2. The Morgan fingerprint density at radius 1 is 0.483 bits per heavy atom. The van der Waals surface area contributed by atoms with Crippen LogP contribution in [0.2, 0.25) is 0 Å². The Morgan fingerprint density at radius 3 is 1.72 bits per heavy atom. The molecule has 2 heteroatoms. The second kappa shape index (κ2) is 12.4. The van der Waals surface area contributed by atoms with E-state index in [1.54, 1.807) is 0 Å². The van der Waals surface area contributed by atoms with E-state index in [4.69, 9.17) is 0 Å². The van der Waals surface area contributed by atoms with E-state index in [0.717, 1.165) is 18.5 Å². The van der Waals surface area contributed by atoms with Gasteiger partial charge >= 0.3 is 0 Å². The highest BCUT2D eigenvalue weighted by atomic mass is 32.1. The Labute approximate surface area is 355 Å². The van der Waals surface area contributed by atoms with Gasteiger partial charge in [0, 0.05) is 31.8 Å². The number of thiophene rings is 1. The molecule has 0 aliphatic heterocycles.